The number of aromatic nitrogens is 1. The number of hydrogen-bond acceptors (Lipinski definition) is 2. The van der Waals surface area contributed by atoms with Gasteiger partial charge in [-0.2, -0.15) is 0 Å². The molecule has 20 heavy (non-hydrogen) atoms. The van der Waals surface area contributed by atoms with E-state index in [9.17, 15) is 0 Å². The Morgan fingerprint density at radius 1 is 0.900 bits per heavy atom. The van der Waals surface area contributed by atoms with E-state index in [0.29, 0.717) is 0 Å². The first-order valence-corrected chi connectivity index (χ1v) is 7.48. The van der Waals surface area contributed by atoms with E-state index in [0.717, 1.165) is 4.83 Å². The van der Waals surface area contributed by atoms with Crippen molar-refractivity contribution in [3.8, 4) is 11.1 Å². The monoisotopic (exact) mass is 275 g/mol. The van der Waals surface area contributed by atoms with Crippen molar-refractivity contribution in [2.24, 2.45) is 0 Å². The van der Waals surface area contributed by atoms with Crippen LogP contribution in [-0.4, -0.2) is 4.98 Å². The summed E-state index contributed by atoms with van der Waals surface area (Å²) in [5, 5.41) is 2.56. The van der Waals surface area contributed by atoms with Gasteiger partial charge in [0.15, 0.2) is 0 Å². The van der Waals surface area contributed by atoms with E-state index in [1.54, 1.807) is 11.3 Å². The van der Waals surface area contributed by atoms with Crippen LogP contribution in [0.2, 0.25) is 0 Å². The second-order valence-electron chi connectivity index (χ2n) is 4.98. The molecule has 0 aliphatic heterocycles. The lowest BCUT2D eigenvalue weighted by atomic mass is 9.99. The summed E-state index contributed by atoms with van der Waals surface area (Å²) in [6, 6.07) is 19.4. The van der Waals surface area contributed by atoms with E-state index in [1.165, 1.54) is 32.2 Å². The Hall–Kier alpha value is -2.19. The van der Waals surface area contributed by atoms with E-state index >= 15 is 0 Å². The van der Waals surface area contributed by atoms with Crippen molar-refractivity contribution in [3.63, 3.8) is 0 Å². The first-order chi connectivity index (χ1) is 9.83. The minimum atomic E-state index is 1.12. The minimum absolute atomic E-state index is 1.12. The van der Waals surface area contributed by atoms with Crippen molar-refractivity contribution in [1.29, 1.82) is 0 Å². The number of benzene rings is 2. The number of thiophene rings is 1. The highest BCUT2D eigenvalue weighted by Gasteiger charge is 2.08. The van der Waals surface area contributed by atoms with Gasteiger partial charge in [-0.1, -0.05) is 30.3 Å². The van der Waals surface area contributed by atoms with Crippen LogP contribution in [0.15, 0.2) is 60.8 Å². The summed E-state index contributed by atoms with van der Waals surface area (Å²) >= 11 is 1.76. The Balaban J connectivity index is 2.03. The fourth-order valence-corrected chi connectivity index (χ4v) is 3.70. The van der Waals surface area contributed by atoms with Crippen LogP contribution in [0.25, 0.3) is 31.4 Å². The fourth-order valence-electron chi connectivity index (χ4n) is 2.68. The molecule has 0 spiro atoms. The summed E-state index contributed by atoms with van der Waals surface area (Å²) in [5.41, 5.74) is 3.89. The van der Waals surface area contributed by atoms with Gasteiger partial charge in [-0.25, -0.2) is 4.98 Å². The average Bonchev–Trinajstić information content (AvgIpc) is 2.85. The quantitative estimate of drug-likeness (QED) is 0.451. The van der Waals surface area contributed by atoms with Gasteiger partial charge in [-0.3, -0.25) is 0 Å². The van der Waals surface area contributed by atoms with Crippen molar-refractivity contribution in [3.05, 3.63) is 66.4 Å². The summed E-state index contributed by atoms with van der Waals surface area (Å²) in [7, 11) is 0. The van der Waals surface area contributed by atoms with Gasteiger partial charge in [0.25, 0.3) is 0 Å². The van der Waals surface area contributed by atoms with Crippen LogP contribution in [0.5, 0.6) is 0 Å². The zero-order valence-corrected chi connectivity index (χ0v) is 11.9. The molecule has 2 heterocycles. The lowest BCUT2D eigenvalue weighted by Gasteiger charge is -2.05. The molecule has 0 atom stereocenters. The normalized spacial score (nSPS) is 11.2. The number of pyridine rings is 1. The molecule has 0 aliphatic rings. The maximum Gasteiger partial charge on any atom is 0.124 e. The molecule has 2 aromatic carbocycles. The minimum Gasteiger partial charge on any atom is -0.245 e. The molecule has 4 rings (SSSR count). The highest BCUT2D eigenvalue weighted by molar-refractivity contribution is 7.25. The van der Waals surface area contributed by atoms with Crippen LogP contribution in [0.1, 0.15) is 5.56 Å². The zero-order chi connectivity index (χ0) is 13.5. The second-order valence-corrected chi connectivity index (χ2v) is 6.01. The third kappa shape index (κ3) is 1.73. The molecular formula is C18H13NS. The fraction of sp³-hybridized carbons (Fsp3) is 0.0556. The third-order valence-electron chi connectivity index (χ3n) is 3.70. The largest absolute Gasteiger partial charge is 0.245 e. The van der Waals surface area contributed by atoms with E-state index in [4.69, 9.17) is 0 Å². The van der Waals surface area contributed by atoms with Gasteiger partial charge < -0.3 is 0 Å². The molecule has 2 heteroatoms. The summed E-state index contributed by atoms with van der Waals surface area (Å²) in [4.78, 5) is 5.57. The lowest BCUT2D eigenvalue weighted by molar-refractivity contribution is 1.45. The van der Waals surface area contributed by atoms with Crippen LogP contribution in [-0.2, 0) is 0 Å². The van der Waals surface area contributed by atoms with Gasteiger partial charge in [0.05, 0.1) is 0 Å². The van der Waals surface area contributed by atoms with Gasteiger partial charge >= 0.3 is 0 Å². The topological polar surface area (TPSA) is 12.9 Å². The standard InChI is InChI=1S/C18H13NS/c1-12-5-2-3-6-14(12)13-8-9-17-16(11-13)15-7-4-10-19-18(15)20-17/h2-11H,1H3. The van der Waals surface area contributed by atoms with Crippen molar-refractivity contribution in [2.75, 3.05) is 0 Å². The number of rotatable bonds is 1. The predicted molar refractivity (Wildman–Crippen MR) is 87.3 cm³/mol. The molecule has 0 amide bonds. The summed E-state index contributed by atoms with van der Waals surface area (Å²) in [6.45, 7) is 2.16. The molecule has 0 fully saturated rings. The molecule has 0 bridgehead atoms. The van der Waals surface area contributed by atoms with Crippen molar-refractivity contribution in [2.45, 2.75) is 6.92 Å². The lowest BCUT2D eigenvalue weighted by Crippen LogP contribution is -1.81. The molecule has 2 aromatic heterocycles. The van der Waals surface area contributed by atoms with Gasteiger partial charge in [0.1, 0.15) is 4.83 Å². The van der Waals surface area contributed by atoms with Gasteiger partial charge in [0.2, 0.25) is 0 Å². The number of hydrogen-bond donors (Lipinski definition) is 0. The van der Waals surface area contributed by atoms with Crippen LogP contribution < -0.4 is 0 Å². The molecule has 4 aromatic rings. The average molecular weight is 275 g/mol. The highest BCUT2D eigenvalue weighted by Crippen LogP contribution is 2.35. The third-order valence-corrected chi connectivity index (χ3v) is 4.80. The Morgan fingerprint density at radius 3 is 2.70 bits per heavy atom. The van der Waals surface area contributed by atoms with Crippen LogP contribution >= 0.6 is 11.3 Å². The van der Waals surface area contributed by atoms with Crippen LogP contribution in [0, 0.1) is 6.92 Å². The molecule has 0 aliphatic carbocycles. The molecule has 0 N–H and O–H groups in total. The number of aryl methyl sites for hydroxylation is 1. The smallest absolute Gasteiger partial charge is 0.124 e. The van der Waals surface area contributed by atoms with Gasteiger partial charge in [-0.15, -0.1) is 11.3 Å². The summed E-state index contributed by atoms with van der Waals surface area (Å²) < 4.78 is 1.30. The van der Waals surface area contributed by atoms with Crippen molar-refractivity contribution < 1.29 is 0 Å². The number of fused-ring (bicyclic) bond motifs is 3. The zero-order valence-electron chi connectivity index (χ0n) is 11.1. The molecule has 0 saturated heterocycles. The first kappa shape index (κ1) is 11.6. The van der Waals surface area contributed by atoms with Gasteiger partial charge in [-0.05, 0) is 47.9 Å². The van der Waals surface area contributed by atoms with E-state index < -0.39 is 0 Å². The van der Waals surface area contributed by atoms with Crippen LogP contribution in [0.3, 0.4) is 0 Å². The van der Waals surface area contributed by atoms with Crippen molar-refractivity contribution >= 4 is 31.6 Å². The van der Waals surface area contributed by atoms with Gasteiger partial charge in [0, 0.05) is 21.7 Å². The summed E-state index contributed by atoms with van der Waals surface area (Å²) in [6.07, 6.45) is 1.86. The Labute approximate surface area is 121 Å². The molecule has 0 radical (unpaired) electrons. The Bertz CT molecular complexity index is 921. The molecule has 96 valence electrons. The Morgan fingerprint density at radius 2 is 1.80 bits per heavy atom. The highest BCUT2D eigenvalue weighted by atomic mass is 32.1. The van der Waals surface area contributed by atoms with E-state index in [-0.39, 0.29) is 0 Å². The molecule has 0 saturated carbocycles. The Kier molecular flexibility index (Phi) is 2.57. The van der Waals surface area contributed by atoms with E-state index in [2.05, 4.69) is 60.4 Å². The van der Waals surface area contributed by atoms with Crippen molar-refractivity contribution in [1.82, 2.24) is 4.98 Å². The second kappa shape index (κ2) is 4.43. The SMILES string of the molecule is Cc1ccccc1-c1ccc2sc3ncccc3c2c1. The number of nitrogens with zero attached hydrogens (tertiary/aromatic N) is 1. The molecule has 1 nitrogen and oxygen atoms in total. The van der Waals surface area contributed by atoms with E-state index in [1.807, 2.05) is 12.3 Å². The summed E-state index contributed by atoms with van der Waals surface area (Å²) in [5.74, 6) is 0. The maximum absolute atomic E-state index is 4.46. The maximum atomic E-state index is 4.46. The predicted octanol–water partition coefficient (Wildman–Crippen LogP) is 5.42. The molecule has 0 unspecified atom stereocenters. The first-order valence-electron chi connectivity index (χ1n) is 6.66. The molecular weight excluding hydrogens is 262 g/mol. The van der Waals surface area contributed by atoms with Crippen LogP contribution in [0.4, 0.5) is 0 Å².